The predicted octanol–water partition coefficient (Wildman–Crippen LogP) is -0.102. The molecular weight excluding hydrogens is 190 g/mol. The van der Waals surface area contributed by atoms with Crippen LogP contribution in [-0.2, 0) is 9.59 Å². The number of halogens is 1. The molecule has 0 radical (unpaired) electrons. The van der Waals surface area contributed by atoms with E-state index in [1.165, 1.54) is 0 Å². The van der Waals surface area contributed by atoms with Gasteiger partial charge < -0.3 is 0 Å². The van der Waals surface area contributed by atoms with Crippen LogP contribution in [0.15, 0.2) is 0 Å². The summed E-state index contributed by atoms with van der Waals surface area (Å²) < 4.78 is 0. The SMILES string of the molecule is O=C1CC(Br)C(=O)N1O. The van der Waals surface area contributed by atoms with Gasteiger partial charge >= 0.3 is 0 Å². The molecule has 2 amide bonds. The van der Waals surface area contributed by atoms with E-state index in [2.05, 4.69) is 15.9 Å². The second-order valence-corrected chi connectivity index (χ2v) is 2.82. The second-order valence-electron chi connectivity index (χ2n) is 1.72. The van der Waals surface area contributed by atoms with Gasteiger partial charge in [0, 0.05) is 0 Å². The number of hydroxylamine groups is 2. The summed E-state index contributed by atoms with van der Waals surface area (Å²) in [5, 5.41) is 8.68. The molecule has 1 heterocycles. The largest absolute Gasteiger partial charge is 0.278 e. The van der Waals surface area contributed by atoms with E-state index in [-0.39, 0.29) is 11.5 Å². The Morgan fingerprint density at radius 2 is 2.22 bits per heavy atom. The normalized spacial score (nSPS) is 27.8. The van der Waals surface area contributed by atoms with Crippen molar-refractivity contribution in [1.82, 2.24) is 5.06 Å². The van der Waals surface area contributed by atoms with Crippen molar-refractivity contribution in [3.8, 4) is 0 Å². The zero-order valence-corrected chi connectivity index (χ0v) is 5.96. The van der Waals surface area contributed by atoms with Crippen LogP contribution in [-0.4, -0.2) is 26.9 Å². The fourth-order valence-corrected chi connectivity index (χ4v) is 1.05. The van der Waals surface area contributed by atoms with Gasteiger partial charge in [-0.1, -0.05) is 15.9 Å². The van der Waals surface area contributed by atoms with Crippen LogP contribution < -0.4 is 0 Å². The maximum absolute atomic E-state index is 10.5. The van der Waals surface area contributed by atoms with Crippen molar-refractivity contribution in [1.29, 1.82) is 0 Å². The Bertz CT molecular complexity index is 169. The van der Waals surface area contributed by atoms with Gasteiger partial charge in [-0.2, -0.15) is 5.06 Å². The number of hydrogen-bond donors (Lipinski definition) is 1. The van der Waals surface area contributed by atoms with Crippen LogP contribution in [0.3, 0.4) is 0 Å². The first-order valence-electron chi connectivity index (χ1n) is 2.32. The van der Waals surface area contributed by atoms with E-state index in [9.17, 15) is 9.59 Å². The summed E-state index contributed by atoms with van der Waals surface area (Å²) in [6.45, 7) is 0. The second kappa shape index (κ2) is 2.07. The monoisotopic (exact) mass is 193 g/mol. The fraction of sp³-hybridized carbons (Fsp3) is 0.500. The van der Waals surface area contributed by atoms with Gasteiger partial charge in [-0.15, -0.1) is 0 Å². The highest BCUT2D eigenvalue weighted by Crippen LogP contribution is 2.17. The quantitative estimate of drug-likeness (QED) is 0.332. The molecule has 1 atom stereocenters. The lowest BCUT2D eigenvalue weighted by Gasteiger charge is -1.99. The molecule has 50 valence electrons. The molecule has 1 aliphatic rings. The van der Waals surface area contributed by atoms with Crippen molar-refractivity contribution in [2.45, 2.75) is 11.2 Å². The third-order valence-electron chi connectivity index (χ3n) is 1.07. The Morgan fingerprint density at radius 3 is 2.33 bits per heavy atom. The molecule has 1 fully saturated rings. The van der Waals surface area contributed by atoms with Crippen LogP contribution in [0.1, 0.15) is 6.42 Å². The van der Waals surface area contributed by atoms with Gasteiger partial charge in [0.1, 0.15) is 4.83 Å². The van der Waals surface area contributed by atoms with Crippen LogP contribution in [0.5, 0.6) is 0 Å². The molecule has 0 aromatic heterocycles. The molecule has 0 spiro atoms. The Balaban J connectivity index is 2.77. The Hall–Kier alpha value is -0.420. The first kappa shape index (κ1) is 6.70. The van der Waals surface area contributed by atoms with Crippen molar-refractivity contribution in [3.63, 3.8) is 0 Å². The fourth-order valence-electron chi connectivity index (χ4n) is 0.583. The van der Waals surface area contributed by atoms with Gasteiger partial charge in [0.25, 0.3) is 11.8 Å². The minimum Gasteiger partial charge on any atom is -0.278 e. The lowest BCUT2D eigenvalue weighted by molar-refractivity contribution is -0.170. The van der Waals surface area contributed by atoms with Gasteiger partial charge in [-0.3, -0.25) is 14.8 Å². The number of rotatable bonds is 0. The molecule has 5 heteroatoms. The third-order valence-corrected chi connectivity index (χ3v) is 1.78. The van der Waals surface area contributed by atoms with Gasteiger partial charge in [-0.05, 0) is 0 Å². The van der Waals surface area contributed by atoms with Gasteiger partial charge in [0.15, 0.2) is 0 Å². The van der Waals surface area contributed by atoms with E-state index in [1.807, 2.05) is 0 Å². The Morgan fingerprint density at radius 1 is 1.67 bits per heavy atom. The van der Waals surface area contributed by atoms with Crippen molar-refractivity contribution >= 4 is 27.7 Å². The summed E-state index contributed by atoms with van der Waals surface area (Å²) in [4.78, 5) is 20.4. The topological polar surface area (TPSA) is 57.6 Å². The molecular formula is C4H4BrNO3. The van der Waals surface area contributed by atoms with E-state index < -0.39 is 16.6 Å². The lowest BCUT2D eigenvalue weighted by Crippen LogP contribution is -2.26. The predicted molar refractivity (Wildman–Crippen MR) is 31.0 cm³/mol. The molecule has 1 unspecified atom stereocenters. The van der Waals surface area contributed by atoms with E-state index >= 15 is 0 Å². The summed E-state index contributed by atoms with van der Waals surface area (Å²) in [5.41, 5.74) is 0. The summed E-state index contributed by atoms with van der Waals surface area (Å²) in [6.07, 6.45) is 0.0509. The molecule has 0 aromatic carbocycles. The molecule has 1 saturated heterocycles. The average molecular weight is 194 g/mol. The third kappa shape index (κ3) is 0.972. The smallest absolute Gasteiger partial charge is 0.267 e. The van der Waals surface area contributed by atoms with Crippen LogP contribution in [0.25, 0.3) is 0 Å². The standard InChI is InChI=1S/C4H4BrNO3/c5-2-1-3(7)6(9)4(2)8/h2,9H,1H2. The molecule has 0 aliphatic carbocycles. The van der Waals surface area contributed by atoms with E-state index in [1.54, 1.807) is 0 Å². The van der Waals surface area contributed by atoms with Crippen molar-refractivity contribution in [2.24, 2.45) is 0 Å². The van der Waals surface area contributed by atoms with Gasteiger partial charge in [-0.25, -0.2) is 0 Å². The molecule has 1 N–H and O–H groups in total. The maximum Gasteiger partial charge on any atom is 0.267 e. The van der Waals surface area contributed by atoms with E-state index in [0.717, 1.165) is 0 Å². The average Bonchev–Trinajstić information content (AvgIpc) is 1.98. The zero-order valence-electron chi connectivity index (χ0n) is 4.37. The summed E-state index contributed by atoms with van der Waals surface area (Å²) in [6, 6.07) is 0. The molecule has 0 bridgehead atoms. The van der Waals surface area contributed by atoms with Crippen molar-refractivity contribution in [3.05, 3.63) is 0 Å². The summed E-state index contributed by atoms with van der Waals surface area (Å²) in [7, 11) is 0. The molecule has 1 aliphatic heterocycles. The summed E-state index contributed by atoms with van der Waals surface area (Å²) in [5.74, 6) is -1.14. The van der Waals surface area contributed by atoms with Gasteiger partial charge in [0.2, 0.25) is 0 Å². The Kier molecular flexibility index (Phi) is 1.54. The molecule has 1 rings (SSSR count). The molecule has 0 aromatic rings. The maximum atomic E-state index is 10.5. The number of carbonyl (C=O) groups is 2. The first-order valence-corrected chi connectivity index (χ1v) is 3.24. The lowest BCUT2D eigenvalue weighted by atomic mass is 10.4. The molecule has 4 nitrogen and oxygen atoms in total. The first-order chi connectivity index (χ1) is 4.13. The number of imide groups is 1. The zero-order chi connectivity index (χ0) is 7.02. The minimum absolute atomic E-state index is 0.0509. The highest BCUT2D eigenvalue weighted by atomic mass is 79.9. The number of carbonyl (C=O) groups excluding carboxylic acids is 2. The van der Waals surface area contributed by atoms with Crippen LogP contribution in [0.2, 0.25) is 0 Å². The highest BCUT2D eigenvalue weighted by molar-refractivity contribution is 9.10. The molecule has 0 saturated carbocycles. The van der Waals surface area contributed by atoms with Crippen LogP contribution in [0.4, 0.5) is 0 Å². The summed E-state index contributed by atoms with van der Waals surface area (Å²) >= 11 is 2.91. The minimum atomic E-state index is -0.583. The molecule has 9 heavy (non-hydrogen) atoms. The Labute approximate surface area is 59.5 Å². The number of amides is 2. The number of alkyl halides is 1. The van der Waals surface area contributed by atoms with Crippen LogP contribution in [0, 0.1) is 0 Å². The highest BCUT2D eigenvalue weighted by Gasteiger charge is 2.35. The van der Waals surface area contributed by atoms with E-state index in [4.69, 9.17) is 5.21 Å². The number of nitrogens with zero attached hydrogens (tertiary/aromatic N) is 1. The van der Waals surface area contributed by atoms with Gasteiger partial charge in [0.05, 0.1) is 6.42 Å². The number of hydrogen-bond acceptors (Lipinski definition) is 3. The van der Waals surface area contributed by atoms with Crippen molar-refractivity contribution < 1.29 is 14.8 Å². The van der Waals surface area contributed by atoms with Crippen LogP contribution >= 0.6 is 15.9 Å². The van der Waals surface area contributed by atoms with E-state index in [0.29, 0.717) is 0 Å². The van der Waals surface area contributed by atoms with Crippen molar-refractivity contribution in [2.75, 3.05) is 0 Å².